The molecule has 1 amide bonds. The maximum atomic E-state index is 12.5. The molecule has 1 saturated carbocycles. The van der Waals surface area contributed by atoms with Crippen LogP contribution in [0, 0.1) is 5.92 Å². The zero-order valence-electron chi connectivity index (χ0n) is 11.5. The van der Waals surface area contributed by atoms with Gasteiger partial charge in [-0.1, -0.05) is 18.9 Å². The van der Waals surface area contributed by atoms with Crippen LogP contribution in [0.1, 0.15) is 25.7 Å². The van der Waals surface area contributed by atoms with Gasteiger partial charge in [0.05, 0.1) is 10.4 Å². The van der Waals surface area contributed by atoms with Gasteiger partial charge in [0.2, 0.25) is 5.91 Å². The highest BCUT2D eigenvalue weighted by Gasteiger charge is 2.27. The minimum atomic E-state index is -3.86. The van der Waals surface area contributed by atoms with E-state index in [-0.39, 0.29) is 10.8 Å². The van der Waals surface area contributed by atoms with Crippen LogP contribution in [0.2, 0.25) is 0 Å². The molecule has 1 heterocycles. The van der Waals surface area contributed by atoms with Crippen molar-refractivity contribution in [1.82, 2.24) is 9.71 Å². The number of sulfonamides is 1. The van der Waals surface area contributed by atoms with Crippen LogP contribution in [-0.2, 0) is 14.8 Å². The highest BCUT2D eigenvalue weighted by molar-refractivity contribution is 7.90. The van der Waals surface area contributed by atoms with Crippen LogP contribution >= 0.6 is 0 Å². The van der Waals surface area contributed by atoms with Crippen molar-refractivity contribution in [3.8, 4) is 0 Å². The summed E-state index contributed by atoms with van der Waals surface area (Å²) < 4.78 is 27.1. The Labute approximate surface area is 123 Å². The van der Waals surface area contributed by atoms with Crippen molar-refractivity contribution < 1.29 is 13.2 Å². The summed E-state index contributed by atoms with van der Waals surface area (Å²) in [7, 11) is -3.86. The number of fused-ring (bicyclic) bond motifs is 1. The maximum absolute atomic E-state index is 12.5. The fourth-order valence-electron chi connectivity index (χ4n) is 2.77. The zero-order valence-corrected chi connectivity index (χ0v) is 12.3. The molecule has 0 saturated heterocycles. The predicted octanol–water partition coefficient (Wildman–Crippen LogP) is 2.23. The van der Waals surface area contributed by atoms with Gasteiger partial charge in [-0.25, -0.2) is 13.1 Å². The van der Waals surface area contributed by atoms with Crippen molar-refractivity contribution in [2.45, 2.75) is 30.6 Å². The van der Waals surface area contributed by atoms with Crippen LogP contribution in [0.3, 0.4) is 0 Å². The summed E-state index contributed by atoms with van der Waals surface area (Å²) in [4.78, 5) is 16.3. The molecule has 0 atom stereocenters. The molecule has 1 aliphatic carbocycles. The van der Waals surface area contributed by atoms with Gasteiger partial charge >= 0.3 is 0 Å². The third-order valence-electron chi connectivity index (χ3n) is 3.86. The topological polar surface area (TPSA) is 76.1 Å². The fraction of sp³-hybridized carbons (Fsp3) is 0.333. The molecule has 1 aromatic heterocycles. The quantitative estimate of drug-likeness (QED) is 0.943. The summed E-state index contributed by atoms with van der Waals surface area (Å²) in [6.07, 6.45) is 5.10. The number of hydrogen-bond donors (Lipinski definition) is 1. The minimum absolute atomic E-state index is 0.0967. The third kappa shape index (κ3) is 2.76. The molecule has 110 valence electrons. The van der Waals surface area contributed by atoms with E-state index in [1.807, 2.05) is 0 Å². The number of carbonyl (C=O) groups is 1. The highest BCUT2D eigenvalue weighted by atomic mass is 32.2. The van der Waals surface area contributed by atoms with Crippen molar-refractivity contribution >= 4 is 26.8 Å². The van der Waals surface area contributed by atoms with Gasteiger partial charge in [0.15, 0.2) is 0 Å². The lowest BCUT2D eigenvalue weighted by Crippen LogP contribution is -2.34. The van der Waals surface area contributed by atoms with Crippen LogP contribution in [0.25, 0.3) is 10.9 Å². The van der Waals surface area contributed by atoms with Crippen LogP contribution in [0.5, 0.6) is 0 Å². The van der Waals surface area contributed by atoms with Crippen LogP contribution in [0.15, 0.2) is 41.4 Å². The van der Waals surface area contributed by atoms with Gasteiger partial charge in [-0.3, -0.25) is 9.78 Å². The Bertz CT molecular complexity index is 775. The molecule has 1 aliphatic rings. The SMILES string of the molecule is O=C(NS(=O)(=O)c1cccc2ncccc12)C1CCCC1. The lowest BCUT2D eigenvalue weighted by atomic mass is 10.1. The van der Waals surface area contributed by atoms with E-state index in [9.17, 15) is 13.2 Å². The first-order valence-corrected chi connectivity index (χ1v) is 8.47. The molecule has 6 heteroatoms. The van der Waals surface area contributed by atoms with Gasteiger partial charge in [0, 0.05) is 17.5 Å². The number of hydrogen-bond acceptors (Lipinski definition) is 4. The molecule has 3 rings (SSSR count). The molecule has 5 nitrogen and oxygen atoms in total. The molecule has 0 spiro atoms. The van der Waals surface area contributed by atoms with E-state index in [0.29, 0.717) is 10.9 Å². The number of benzene rings is 1. The molecule has 21 heavy (non-hydrogen) atoms. The number of nitrogens with zero attached hydrogens (tertiary/aromatic N) is 1. The normalized spacial score (nSPS) is 16.2. The van der Waals surface area contributed by atoms with Crippen molar-refractivity contribution in [2.75, 3.05) is 0 Å². The van der Waals surface area contributed by atoms with Crippen LogP contribution in [0.4, 0.5) is 0 Å². The monoisotopic (exact) mass is 304 g/mol. The lowest BCUT2D eigenvalue weighted by molar-refractivity contribution is -0.122. The van der Waals surface area contributed by atoms with E-state index >= 15 is 0 Å². The summed E-state index contributed by atoms with van der Waals surface area (Å²) >= 11 is 0. The molecule has 1 fully saturated rings. The second-order valence-electron chi connectivity index (χ2n) is 5.28. The maximum Gasteiger partial charge on any atom is 0.264 e. The molecular formula is C15H16N2O3S. The van der Waals surface area contributed by atoms with Gasteiger partial charge in [0.1, 0.15) is 0 Å². The van der Waals surface area contributed by atoms with Gasteiger partial charge in [-0.15, -0.1) is 0 Å². The first-order chi connectivity index (χ1) is 10.1. The molecule has 0 unspecified atom stereocenters. The Morgan fingerprint density at radius 3 is 2.67 bits per heavy atom. The van der Waals surface area contributed by atoms with Crippen LogP contribution < -0.4 is 4.72 Å². The van der Waals surface area contributed by atoms with Crippen LogP contribution in [-0.4, -0.2) is 19.3 Å². The standard InChI is InChI=1S/C15H16N2O3S/c18-15(11-5-1-2-6-11)17-21(19,20)14-9-3-8-13-12(14)7-4-10-16-13/h3-4,7-11H,1-2,5-6H2,(H,17,18). The van der Waals surface area contributed by atoms with Gasteiger partial charge in [-0.2, -0.15) is 0 Å². The lowest BCUT2D eigenvalue weighted by Gasteiger charge is -2.12. The molecular weight excluding hydrogens is 288 g/mol. The number of nitrogens with one attached hydrogen (secondary N) is 1. The van der Waals surface area contributed by atoms with Crippen molar-refractivity contribution in [1.29, 1.82) is 0 Å². The van der Waals surface area contributed by atoms with E-state index in [4.69, 9.17) is 0 Å². The Kier molecular flexibility index (Phi) is 3.63. The zero-order chi connectivity index (χ0) is 14.9. The van der Waals surface area contributed by atoms with Crippen molar-refractivity contribution in [3.05, 3.63) is 36.5 Å². The first-order valence-electron chi connectivity index (χ1n) is 6.98. The fourth-order valence-corrected chi connectivity index (χ4v) is 4.03. The minimum Gasteiger partial charge on any atom is -0.274 e. The molecule has 1 N–H and O–H groups in total. The average Bonchev–Trinajstić information content (AvgIpc) is 3.00. The van der Waals surface area contributed by atoms with Crippen molar-refractivity contribution in [3.63, 3.8) is 0 Å². The van der Waals surface area contributed by atoms with E-state index < -0.39 is 15.9 Å². The largest absolute Gasteiger partial charge is 0.274 e. The second kappa shape index (κ2) is 5.44. The molecule has 0 aliphatic heterocycles. The van der Waals surface area contributed by atoms with Gasteiger partial charge in [-0.05, 0) is 37.1 Å². The molecule has 0 radical (unpaired) electrons. The Hall–Kier alpha value is -1.95. The number of aromatic nitrogens is 1. The summed E-state index contributed by atoms with van der Waals surface area (Å²) in [6, 6.07) is 8.24. The van der Waals surface area contributed by atoms with Gasteiger partial charge in [0.25, 0.3) is 10.0 Å². The molecule has 0 bridgehead atoms. The van der Waals surface area contributed by atoms with E-state index in [2.05, 4.69) is 9.71 Å². The summed E-state index contributed by atoms with van der Waals surface area (Å²) in [6.45, 7) is 0. The second-order valence-corrected chi connectivity index (χ2v) is 6.93. The predicted molar refractivity (Wildman–Crippen MR) is 79.0 cm³/mol. The van der Waals surface area contributed by atoms with E-state index in [1.165, 1.54) is 6.07 Å². The number of carbonyl (C=O) groups excluding carboxylic acids is 1. The summed E-state index contributed by atoms with van der Waals surface area (Å²) in [5, 5.41) is 0.520. The Balaban J connectivity index is 1.95. The summed E-state index contributed by atoms with van der Waals surface area (Å²) in [5.41, 5.74) is 0.591. The Morgan fingerprint density at radius 2 is 1.90 bits per heavy atom. The number of rotatable bonds is 3. The first kappa shape index (κ1) is 14.0. The molecule has 1 aromatic carbocycles. The van der Waals surface area contributed by atoms with Gasteiger partial charge < -0.3 is 0 Å². The summed E-state index contributed by atoms with van der Waals surface area (Å²) in [5.74, 6) is -0.582. The number of pyridine rings is 1. The highest BCUT2D eigenvalue weighted by Crippen LogP contribution is 2.26. The van der Waals surface area contributed by atoms with E-state index in [0.717, 1.165) is 25.7 Å². The van der Waals surface area contributed by atoms with E-state index in [1.54, 1.807) is 30.5 Å². The smallest absolute Gasteiger partial charge is 0.264 e. The Morgan fingerprint density at radius 1 is 1.14 bits per heavy atom. The van der Waals surface area contributed by atoms with Crippen molar-refractivity contribution in [2.24, 2.45) is 5.92 Å². The third-order valence-corrected chi connectivity index (χ3v) is 5.26. The average molecular weight is 304 g/mol. The molecule has 2 aromatic rings. The number of amides is 1.